The summed E-state index contributed by atoms with van der Waals surface area (Å²) in [5, 5.41) is 18.5. The van der Waals surface area contributed by atoms with E-state index in [1.54, 1.807) is 19.1 Å². The first kappa shape index (κ1) is 15.1. The second-order valence-corrected chi connectivity index (χ2v) is 4.55. The van der Waals surface area contributed by atoms with Crippen LogP contribution >= 0.6 is 0 Å². The molecule has 1 aromatic carbocycles. The van der Waals surface area contributed by atoms with Gasteiger partial charge >= 0.3 is 11.9 Å². The number of hydrogen-bond acceptors (Lipinski definition) is 5. The van der Waals surface area contributed by atoms with Crippen LogP contribution in [-0.4, -0.2) is 28.7 Å². The molecule has 0 aliphatic heterocycles. The van der Waals surface area contributed by atoms with E-state index in [1.807, 2.05) is 6.07 Å². The summed E-state index contributed by atoms with van der Waals surface area (Å²) >= 11 is 0. The number of carbonyl (C=O) groups excluding carboxylic acids is 1. The number of ether oxygens (including phenoxy) is 1. The quantitative estimate of drug-likeness (QED) is 0.833. The van der Waals surface area contributed by atoms with Crippen LogP contribution in [0.2, 0.25) is 0 Å². The molecule has 0 aliphatic rings. The molecule has 0 amide bonds. The van der Waals surface area contributed by atoms with Crippen molar-refractivity contribution in [3.05, 3.63) is 46.8 Å². The molecule has 2 rings (SSSR count). The minimum atomic E-state index is -1.14. The molecule has 1 aromatic heterocycles. The number of hydrogen-bond donors (Lipinski definition) is 2. The summed E-state index contributed by atoms with van der Waals surface area (Å²) in [7, 11) is 1.18. The van der Waals surface area contributed by atoms with Crippen LogP contribution in [0, 0.1) is 18.3 Å². The van der Waals surface area contributed by atoms with Gasteiger partial charge < -0.3 is 20.1 Å². The zero-order chi connectivity index (χ0) is 16.4. The molecular weight excluding hydrogens is 286 g/mol. The van der Waals surface area contributed by atoms with Gasteiger partial charge in [0.15, 0.2) is 5.69 Å². The smallest absolute Gasteiger partial charge is 0.357 e. The molecule has 22 heavy (non-hydrogen) atoms. The lowest BCUT2D eigenvalue weighted by Gasteiger charge is -2.13. The van der Waals surface area contributed by atoms with Crippen LogP contribution in [0.3, 0.4) is 0 Å². The third-order valence-electron chi connectivity index (χ3n) is 3.27. The average Bonchev–Trinajstić information content (AvgIpc) is 2.82. The Morgan fingerprint density at radius 1 is 1.41 bits per heavy atom. The molecule has 0 bridgehead atoms. The van der Waals surface area contributed by atoms with Gasteiger partial charge in [-0.25, -0.2) is 9.59 Å². The Balaban J connectivity index is 2.85. The first-order valence-electron chi connectivity index (χ1n) is 6.24. The SMILES string of the molecule is COC(=O)c1c(N)c(C#N)cn1-c1cccc(C)c1C(=O)O. The third kappa shape index (κ3) is 2.27. The number of aromatic nitrogens is 1. The number of nitrogen functional groups attached to an aromatic ring is 1. The molecule has 3 N–H and O–H groups in total. The van der Waals surface area contributed by atoms with Crippen LogP contribution in [0.1, 0.15) is 32.0 Å². The second kappa shape index (κ2) is 5.61. The fraction of sp³-hybridized carbons (Fsp3) is 0.133. The van der Waals surface area contributed by atoms with Crippen molar-refractivity contribution in [1.29, 1.82) is 5.26 Å². The summed E-state index contributed by atoms with van der Waals surface area (Å²) < 4.78 is 5.95. The summed E-state index contributed by atoms with van der Waals surface area (Å²) in [6.07, 6.45) is 1.32. The molecule has 2 aromatic rings. The van der Waals surface area contributed by atoms with Crippen LogP contribution in [0.25, 0.3) is 5.69 Å². The van der Waals surface area contributed by atoms with E-state index in [1.165, 1.54) is 23.9 Å². The maximum Gasteiger partial charge on any atom is 0.357 e. The van der Waals surface area contributed by atoms with E-state index in [4.69, 9.17) is 11.0 Å². The predicted molar refractivity (Wildman–Crippen MR) is 77.9 cm³/mol. The number of carbonyl (C=O) groups is 2. The number of aromatic carboxylic acids is 1. The van der Waals surface area contributed by atoms with Crippen LogP contribution in [-0.2, 0) is 4.74 Å². The highest BCUT2D eigenvalue weighted by molar-refractivity contribution is 5.98. The van der Waals surface area contributed by atoms with E-state index in [9.17, 15) is 14.7 Å². The number of rotatable bonds is 3. The number of aryl methyl sites for hydroxylation is 1. The molecule has 1 heterocycles. The Morgan fingerprint density at radius 3 is 2.64 bits per heavy atom. The zero-order valence-electron chi connectivity index (χ0n) is 12.0. The number of anilines is 1. The molecule has 0 fully saturated rings. The lowest BCUT2D eigenvalue weighted by atomic mass is 10.1. The van der Waals surface area contributed by atoms with Gasteiger partial charge in [-0.3, -0.25) is 0 Å². The third-order valence-corrected chi connectivity index (χ3v) is 3.27. The van der Waals surface area contributed by atoms with E-state index >= 15 is 0 Å². The van der Waals surface area contributed by atoms with Gasteiger partial charge in [0, 0.05) is 6.20 Å². The van der Waals surface area contributed by atoms with Crippen molar-refractivity contribution in [3.8, 4) is 11.8 Å². The Kier molecular flexibility index (Phi) is 3.86. The maximum absolute atomic E-state index is 11.9. The normalized spacial score (nSPS) is 10.0. The van der Waals surface area contributed by atoms with Gasteiger partial charge in [-0.1, -0.05) is 12.1 Å². The largest absolute Gasteiger partial charge is 0.478 e. The van der Waals surface area contributed by atoms with Crippen molar-refractivity contribution >= 4 is 17.6 Å². The molecule has 0 aliphatic carbocycles. The first-order chi connectivity index (χ1) is 10.4. The van der Waals surface area contributed by atoms with Gasteiger partial charge in [0.05, 0.1) is 29.6 Å². The van der Waals surface area contributed by atoms with Gasteiger partial charge in [-0.15, -0.1) is 0 Å². The highest BCUT2D eigenvalue weighted by Crippen LogP contribution is 2.27. The van der Waals surface area contributed by atoms with Crippen LogP contribution in [0.4, 0.5) is 5.69 Å². The van der Waals surface area contributed by atoms with Crippen molar-refractivity contribution in [1.82, 2.24) is 4.57 Å². The Bertz CT molecular complexity index is 815. The first-order valence-corrected chi connectivity index (χ1v) is 6.24. The van der Waals surface area contributed by atoms with Crippen LogP contribution in [0.5, 0.6) is 0 Å². The van der Waals surface area contributed by atoms with Gasteiger partial charge in [0.25, 0.3) is 0 Å². The molecule has 0 saturated carbocycles. The topological polar surface area (TPSA) is 118 Å². The molecule has 112 valence electrons. The monoisotopic (exact) mass is 299 g/mol. The van der Waals surface area contributed by atoms with E-state index < -0.39 is 11.9 Å². The number of benzene rings is 1. The summed E-state index contributed by atoms with van der Waals surface area (Å²) in [6, 6.07) is 6.69. The number of methoxy groups -OCH3 is 1. The molecule has 0 spiro atoms. The van der Waals surface area contributed by atoms with Crippen molar-refractivity contribution in [2.75, 3.05) is 12.8 Å². The highest BCUT2D eigenvalue weighted by Gasteiger charge is 2.24. The predicted octanol–water partition coefficient (Wildman–Crippen LogP) is 1.72. The lowest BCUT2D eigenvalue weighted by Crippen LogP contribution is -2.14. The number of nitrogens with two attached hydrogens (primary N) is 1. The Labute approximate surface area is 126 Å². The summed E-state index contributed by atoms with van der Waals surface area (Å²) in [5.41, 5.74) is 6.52. The fourth-order valence-electron chi connectivity index (χ4n) is 2.24. The number of carboxylic acids is 1. The van der Waals surface area contributed by atoms with Crippen molar-refractivity contribution < 1.29 is 19.4 Å². The highest BCUT2D eigenvalue weighted by atomic mass is 16.5. The van der Waals surface area contributed by atoms with Gasteiger partial charge in [-0.2, -0.15) is 5.26 Å². The summed E-state index contributed by atoms with van der Waals surface area (Å²) in [6.45, 7) is 1.64. The van der Waals surface area contributed by atoms with E-state index in [0.29, 0.717) is 5.56 Å². The summed E-state index contributed by atoms with van der Waals surface area (Å²) in [5.74, 6) is -1.90. The number of carboxylic acid groups (broad SMARTS) is 1. The molecule has 0 radical (unpaired) electrons. The number of esters is 1. The van der Waals surface area contributed by atoms with Gasteiger partial charge in [0.2, 0.25) is 0 Å². The van der Waals surface area contributed by atoms with E-state index in [2.05, 4.69) is 4.74 Å². The molecular formula is C15H13N3O4. The second-order valence-electron chi connectivity index (χ2n) is 4.55. The van der Waals surface area contributed by atoms with E-state index in [0.717, 1.165) is 0 Å². The number of nitriles is 1. The fourth-order valence-corrected chi connectivity index (χ4v) is 2.24. The van der Waals surface area contributed by atoms with Gasteiger partial charge in [-0.05, 0) is 18.6 Å². The maximum atomic E-state index is 11.9. The number of nitrogens with zero attached hydrogens (tertiary/aromatic N) is 2. The molecule has 0 atom stereocenters. The molecule has 0 unspecified atom stereocenters. The van der Waals surface area contributed by atoms with Crippen molar-refractivity contribution in [2.45, 2.75) is 6.92 Å². The Hall–Kier alpha value is -3.27. The minimum Gasteiger partial charge on any atom is -0.478 e. The van der Waals surface area contributed by atoms with Gasteiger partial charge in [0.1, 0.15) is 6.07 Å². The Morgan fingerprint density at radius 2 is 2.09 bits per heavy atom. The summed E-state index contributed by atoms with van der Waals surface area (Å²) in [4.78, 5) is 23.4. The molecule has 0 saturated heterocycles. The zero-order valence-corrected chi connectivity index (χ0v) is 12.0. The van der Waals surface area contributed by atoms with Crippen molar-refractivity contribution in [2.24, 2.45) is 0 Å². The standard InChI is InChI=1S/C15H13N3O4/c1-8-4-3-5-10(11(8)14(19)20)18-7-9(6-16)12(17)13(18)15(21)22-2/h3-5,7H,17H2,1-2H3,(H,19,20). The average molecular weight is 299 g/mol. The van der Waals surface area contributed by atoms with Crippen LogP contribution < -0.4 is 5.73 Å². The molecule has 7 heteroatoms. The van der Waals surface area contributed by atoms with E-state index in [-0.39, 0.29) is 28.2 Å². The van der Waals surface area contributed by atoms with Crippen molar-refractivity contribution in [3.63, 3.8) is 0 Å². The van der Waals surface area contributed by atoms with Crippen LogP contribution in [0.15, 0.2) is 24.4 Å². The molecule has 7 nitrogen and oxygen atoms in total. The minimum absolute atomic E-state index is 0.0205. The lowest BCUT2D eigenvalue weighted by molar-refractivity contribution is 0.0590.